The number of carboxylic acid groups (broad SMARTS) is 1. The Labute approximate surface area is 428 Å². The van der Waals surface area contributed by atoms with Crippen LogP contribution in [0.3, 0.4) is 0 Å². The molecule has 2 atom stereocenters. The van der Waals surface area contributed by atoms with Gasteiger partial charge in [-0.05, 0) is 115 Å². The maximum absolute atomic E-state index is 12.8. The minimum atomic E-state index is -1.18. The Morgan fingerprint density at radius 1 is 0.620 bits per heavy atom. The topological polar surface area (TPSA) is 255 Å². The molecule has 4 aromatic rings. The number of hydrogen-bond acceptors (Lipinski definition) is 14. The van der Waals surface area contributed by atoms with E-state index in [4.69, 9.17) is 23.7 Å². The Morgan fingerprint density at radius 2 is 1.00 bits per heavy atom. The molecule has 382 valence electrons. The zero-order valence-electron chi connectivity index (χ0n) is 42.6. The van der Waals surface area contributed by atoms with Gasteiger partial charge in [0.1, 0.15) is 22.8 Å². The molecule has 0 saturated heterocycles. The molecule has 4 N–H and O–H groups in total. The van der Waals surface area contributed by atoms with Crippen molar-refractivity contribution in [2.24, 2.45) is 0 Å². The summed E-state index contributed by atoms with van der Waals surface area (Å²) in [6.45, 7) is 15.2. The number of aliphatic carboxylic acids is 1. The van der Waals surface area contributed by atoms with Crippen molar-refractivity contribution in [3.8, 4) is 0 Å². The summed E-state index contributed by atoms with van der Waals surface area (Å²) in [6, 6.07) is 23.9. The van der Waals surface area contributed by atoms with Crippen LogP contribution >= 0.6 is 0 Å². The van der Waals surface area contributed by atoms with Crippen LogP contribution in [-0.4, -0.2) is 113 Å². The summed E-state index contributed by atoms with van der Waals surface area (Å²) in [5.74, 6) is -1.71. The second kappa shape index (κ2) is 31.8. The molecule has 20 heteroatoms. The number of benzene rings is 2. The molecule has 0 aliphatic heterocycles. The molecule has 0 fully saturated rings. The molecule has 71 heavy (non-hydrogen) atoms. The first-order valence-electron chi connectivity index (χ1n) is 22.6. The number of rotatable bonds is 22. The van der Waals surface area contributed by atoms with Crippen molar-refractivity contribution in [2.75, 3.05) is 43.2 Å². The van der Waals surface area contributed by atoms with Gasteiger partial charge in [0.25, 0.3) is 0 Å². The van der Waals surface area contributed by atoms with Crippen LogP contribution in [0.15, 0.2) is 97.3 Å². The number of pyridine rings is 2. The molecule has 4 amide bonds. The van der Waals surface area contributed by atoms with Gasteiger partial charge < -0.3 is 44.9 Å². The Morgan fingerprint density at radius 3 is 1.35 bits per heavy atom. The first-order chi connectivity index (χ1) is 32.6. The van der Waals surface area contributed by atoms with Gasteiger partial charge in [-0.25, -0.2) is 29.1 Å². The molecule has 0 unspecified atom stereocenters. The number of esters is 1. The van der Waals surface area contributed by atoms with Crippen LogP contribution < -0.4 is 39.3 Å². The maximum atomic E-state index is 12.8. The molecule has 2 heterocycles. The molecule has 4 rings (SSSR count). The van der Waals surface area contributed by atoms with E-state index in [-0.39, 0.29) is 82.4 Å². The number of nitrogens with one attached hydrogen (secondary N) is 2. The zero-order valence-corrected chi connectivity index (χ0v) is 42.6. The fourth-order valence-corrected chi connectivity index (χ4v) is 6.12. The van der Waals surface area contributed by atoms with Crippen LogP contribution in [0.1, 0.15) is 89.5 Å². The second-order valence-electron chi connectivity index (χ2n) is 18.0. The van der Waals surface area contributed by atoms with Gasteiger partial charge in [0.2, 0.25) is 11.8 Å². The van der Waals surface area contributed by atoms with Crippen LogP contribution in [0.2, 0.25) is 0 Å². The van der Waals surface area contributed by atoms with Crippen LogP contribution in [0.4, 0.5) is 21.2 Å². The van der Waals surface area contributed by atoms with E-state index in [1.807, 2.05) is 86.6 Å². The Balaban J connectivity index is 0.000000691. The number of methoxy groups -OCH3 is 1. The SMILES string of the molecule is COC(=O)[C@H](COCc1ccccc1)NC(=O)CCCN(C(=O)OC(C)(C)C)c1cc(C)ccn1.Cc1ccnc(N(CCCC(=O)N[C@@H](COCc2ccccc2)C(=O)O)C(=O)OC(C)(C)C)c1.[Li+].[OH-]. The average Bonchev–Trinajstić information content (AvgIpc) is 3.28. The molecule has 0 aliphatic carbocycles. The fraction of sp³-hybridized carbons (Fsp3) is 0.451. The van der Waals surface area contributed by atoms with Crippen molar-refractivity contribution < 1.29 is 81.9 Å². The molecule has 0 bridgehead atoms. The molecule has 0 saturated carbocycles. The molecule has 19 nitrogen and oxygen atoms in total. The first kappa shape index (κ1) is 62.7. The monoisotopic (exact) mass is 981 g/mol. The fourth-order valence-electron chi connectivity index (χ4n) is 6.12. The van der Waals surface area contributed by atoms with Crippen LogP contribution in [0.25, 0.3) is 0 Å². The number of nitrogens with zero attached hydrogens (tertiary/aromatic N) is 4. The normalized spacial score (nSPS) is 11.6. The number of carbonyl (C=O) groups excluding carboxylic acids is 5. The molecule has 2 aromatic heterocycles. The average molecular weight is 981 g/mol. The predicted molar refractivity (Wildman–Crippen MR) is 261 cm³/mol. The van der Waals surface area contributed by atoms with Gasteiger partial charge in [-0.2, -0.15) is 0 Å². The maximum Gasteiger partial charge on any atom is 1.00 e. The summed E-state index contributed by atoms with van der Waals surface area (Å²) in [5, 5.41) is 14.6. The van der Waals surface area contributed by atoms with E-state index in [2.05, 4.69) is 20.6 Å². The van der Waals surface area contributed by atoms with Crippen molar-refractivity contribution in [1.82, 2.24) is 20.6 Å². The van der Waals surface area contributed by atoms with E-state index in [0.29, 0.717) is 24.7 Å². The summed E-state index contributed by atoms with van der Waals surface area (Å²) in [7, 11) is 1.26. The number of hydrogen-bond donors (Lipinski definition) is 3. The number of amides is 4. The largest absolute Gasteiger partial charge is 1.00 e. The van der Waals surface area contributed by atoms with Gasteiger partial charge in [0, 0.05) is 38.3 Å². The number of ether oxygens (including phenoxy) is 5. The number of carboxylic acids is 1. The van der Waals surface area contributed by atoms with E-state index in [1.54, 1.807) is 66.1 Å². The van der Waals surface area contributed by atoms with Crippen LogP contribution in [0, 0.1) is 13.8 Å². The number of aryl methyl sites for hydroxylation is 2. The van der Waals surface area contributed by atoms with Gasteiger partial charge in [-0.1, -0.05) is 60.7 Å². The number of aromatic nitrogens is 2. The first-order valence-corrected chi connectivity index (χ1v) is 22.6. The number of carbonyl (C=O) groups is 6. The molecule has 0 radical (unpaired) electrons. The van der Waals surface area contributed by atoms with Crippen molar-refractivity contribution in [1.29, 1.82) is 0 Å². The van der Waals surface area contributed by atoms with E-state index in [0.717, 1.165) is 22.3 Å². The quantitative estimate of drug-likeness (QED) is 0.0564. The van der Waals surface area contributed by atoms with E-state index >= 15 is 0 Å². The summed E-state index contributed by atoms with van der Waals surface area (Å²) < 4.78 is 26.8. The molecule has 0 spiro atoms. The van der Waals surface area contributed by atoms with Crippen molar-refractivity contribution >= 4 is 47.6 Å². The Bertz CT molecular complexity index is 2260. The summed E-state index contributed by atoms with van der Waals surface area (Å²) in [6.07, 6.45) is 2.83. The molecule has 0 aliphatic rings. The summed E-state index contributed by atoms with van der Waals surface area (Å²) in [4.78, 5) is 85.4. The third-order valence-corrected chi connectivity index (χ3v) is 9.40. The van der Waals surface area contributed by atoms with Crippen molar-refractivity contribution in [3.05, 3.63) is 120 Å². The minimum Gasteiger partial charge on any atom is -0.870 e. The minimum absolute atomic E-state index is 0. The van der Waals surface area contributed by atoms with Gasteiger partial charge in [-0.15, -0.1) is 0 Å². The molecular formula is C51H69LiN6O13. The van der Waals surface area contributed by atoms with Crippen molar-refractivity contribution in [2.45, 2.75) is 118 Å². The van der Waals surface area contributed by atoms with Crippen molar-refractivity contribution in [3.63, 3.8) is 0 Å². The second-order valence-corrected chi connectivity index (χ2v) is 18.0. The Hall–Kier alpha value is -6.36. The summed E-state index contributed by atoms with van der Waals surface area (Å²) in [5.41, 5.74) is 2.36. The van der Waals surface area contributed by atoms with E-state index < -0.39 is 53.3 Å². The smallest absolute Gasteiger partial charge is 0.870 e. The van der Waals surface area contributed by atoms with Gasteiger partial charge in [0.05, 0.1) is 33.5 Å². The molecular weight excluding hydrogens is 912 g/mol. The number of anilines is 2. The van der Waals surface area contributed by atoms with E-state index in [9.17, 15) is 33.9 Å². The van der Waals surface area contributed by atoms with Crippen LogP contribution in [-0.2, 0) is 56.1 Å². The van der Waals surface area contributed by atoms with Gasteiger partial charge in [-0.3, -0.25) is 19.4 Å². The van der Waals surface area contributed by atoms with E-state index in [1.165, 1.54) is 16.9 Å². The third kappa shape index (κ3) is 25.4. The summed E-state index contributed by atoms with van der Waals surface area (Å²) >= 11 is 0. The predicted octanol–water partition coefficient (Wildman–Crippen LogP) is 4.31. The van der Waals surface area contributed by atoms with Gasteiger partial charge in [0.15, 0.2) is 12.1 Å². The zero-order chi connectivity index (χ0) is 51.0. The standard InChI is InChI=1S/C26H35N3O6.C25H33N3O6.Li.H2O/c1-19-13-14-27-22(16-19)29(25(32)35-26(2,3)4)15-9-12-23(30)28-21(24(31)33-5)18-34-17-20-10-7-6-8-11-20;1-18-12-13-26-21(15-18)28(24(32)34-25(2,3)4)14-8-11-22(29)27-20(23(30)31)17-33-16-19-9-6-5-7-10-19;;/h6-8,10-11,13-14,16,21H,9,12,15,17-18H2,1-5H3,(H,28,30);5-7,9-10,12-13,15,20H,8,11,14,16-17H2,1-4H3,(H,27,29)(H,30,31);;1H2/q;;+1;/p-1/t21-;20-;;/m00../s1. The Kier molecular flexibility index (Phi) is 28.0. The third-order valence-electron chi connectivity index (χ3n) is 9.40. The van der Waals surface area contributed by atoms with Gasteiger partial charge >= 0.3 is 43.0 Å². The molecule has 2 aromatic carbocycles. The van der Waals surface area contributed by atoms with Crippen LogP contribution in [0.5, 0.6) is 0 Å².